The molecule has 20 heavy (non-hydrogen) atoms. The molecule has 1 aromatic carbocycles. The van der Waals surface area contributed by atoms with E-state index in [4.69, 9.17) is 0 Å². The van der Waals surface area contributed by atoms with E-state index in [1.807, 2.05) is 0 Å². The van der Waals surface area contributed by atoms with Crippen LogP contribution in [0.1, 0.15) is 26.7 Å². The van der Waals surface area contributed by atoms with Gasteiger partial charge in [-0.3, -0.25) is 9.59 Å². The number of ketones is 2. The topological polar surface area (TPSA) is 68.3 Å². The van der Waals surface area contributed by atoms with Crippen LogP contribution in [0, 0.1) is 0 Å². The van der Waals surface area contributed by atoms with Crippen LogP contribution in [0.4, 0.5) is 0 Å². The van der Waals surface area contributed by atoms with Gasteiger partial charge in [-0.2, -0.15) is 0 Å². The molecule has 0 N–H and O–H groups in total. The Hall–Kier alpha value is -1.75. The van der Waals surface area contributed by atoms with E-state index in [9.17, 15) is 18.0 Å². The Morgan fingerprint density at radius 2 is 1.80 bits per heavy atom. The molecular weight excluding hydrogens is 276 g/mol. The fraction of sp³-hybridized carbons (Fsp3) is 0.333. The Morgan fingerprint density at radius 3 is 2.35 bits per heavy atom. The van der Waals surface area contributed by atoms with Gasteiger partial charge >= 0.3 is 0 Å². The van der Waals surface area contributed by atoms with Crippen molar-refractivity contribution in [3.8, 4) is 0 Å². The fourth-order valence-electron chi connectivity index (χ4n) is 1.67. The molecule has 4 nitrogen and oxygen atoms in total. The van der Waals surface area contributed by atoms with E-state index in [-0.39, 0.29) is 22.9 Å². The van der Waals surface area contributed by atoms with E-state index in [0.717, 1.165) is 0 Å². The average molecular weight is 294 g/mol. The summed E-state index contributed by atoms with van der Waals surface area (Å²) in [6, 6.07) is 7.93. The van der Waals surface area contributed by atoms with Crippen molar-refractivity contribution in [2.45, 2.75) is 36.8 Å². The van der Waals surface area contributed by atoms with Gasteiger partial charge in [0, 0.05) is 6.42 Å². The van der Waals surface area contributed by atoms with E-state index in [1.54, 1.807) is 24.3 Å². The first kappa shape index (κ1) is 16.3. The lowest BCUT2D eigenvalue weighted by Crippen LogP contribution is -2.27. The number of benzene rings is 1. The molecule has 0 spiro atoms. The largest absolute Gasteiger partial charge is 0.298 e. The molecule has 0 aliphatic rings. The standard InChI is InChI=1S/C15H18O4S/c1-12(16)8-6-7-11-15(17)13(2)20(18,19)14-9-4-3-5-10-14/h3-6,8-10,13H,7,11H2,1-2H3/b8-6+. The Labute approximate surface area is 119 Å². The maximum absolute atomic E-state index is 12.2. The lowest BCUT2D eigenvalue weighted by Gasteiger charge is -2.11. The van der Waals surface area contributed by atoms with Gasteiger partial charge in [-0.1, -0.05) is 24.3 Å². The number of hydrogen-bond donors (Lipinski definition) is 0. The molecule has 0 aliphatic heterocycles. The van der Waals surface area contributed by atoms with Gasteiger partial charge in [0.2, 0.25) is 0 Å². The summed E-state index contributed by atoms with van der Waals surface area (Å²) in [6.07, 6.45) is 3.44. The third-order valence-electron chi connectivity index (χ3n) is 2.90. The van der Waals surface area contributed by atoms with Crippen LogP contribution >= 0.6 is 0 Å². The van der Waals surface area contributed by atoms with Crippen LogP contribution in [-0.4, -0.2) is 25.2 Å². The van der Waals surface area contributed by atoms with E-state index in [1.165, 1.54) is 32.1 Å². The Morgan fingerprint density at radius 1 is 1.20 bits per heavy atom. The monoisotopic (exact) mass is 294 g/mol. The smallest absolute Gasteiger partial charge is 0.188 e. The van der Waals surface area contributed by atoms with Crippen molar-refractivity contribution in [2.75, 3.05) is 0 Å². The van der Waals surface area contributed by atoms with Gasteiger partial charge in [-0.15, -0.1) is 0 Å². The van der Waals surface area contributed by atoms with Crippen LogP contribution < -0.4 is 0 Å². The van der Waals surface area contributed by atoms with E-state index in [0.29, 0.717) is 6.42 Å². The van der Waals surface area contributed by atoms with Gasteiger partial charge in [0.05, 0.1) is 4.90 Å². The molecule has 0 heterocycles. The lowest BCUT2D eigenvalue weighted by molar-refractivity contribution is -0.118. The van der Waals surface area contributed by atoms with Gasteiger partial charge in [0.15, 0.2) is 21.4 Å². The summed E-state index contributed by atoms with van der Waals surface area (Å²) in [6.45, 7) is 2.82. The first-order valence-corrected chi connectivity index (χ1v) is 7.89. The van der Waals surface area contributed by atoms with Gasteiger partial charge in [-0.05, 0) is 38.5 Å². The minimum atomic E-state index is -3.63. The predicted molar refractivity (Wildman–Crippen MR) is 77.2 cm³/mol. The molecule has 0 aromatic heterocycles. The summed E-state index contributed by atoms with van der Waals surface area (Å²) in [4.78, 5) is 22.8. The maximum atomic E-state index is 12.2. The number of carbonyl (C=O) groups is 2. The van der Waals surface area contributed by atoms with Crippen LogP contribution in [0.5, 0.6) is 0 Å². The number of hydrogen-bond acceptors (Lipinski definition) is 4. The van der Waals surface area contributed by atoms with Crippen molar-refractivity contribution in [1.82, 2.24) is 0 Å². The van der Waals surface area contributed by atoms with Gasteiger partial charge in [0.25, 0.3) is 0 Å². The number of Topliss-reactive ketones (excluding diaryl/α,β-unsaturated/α-hetero) is 1. The van der Waals surface area contributed by atoms with E-state index < -0.39 is 15.1 Å². The molecule has 1 rings (SSSR count). The minimum Gasteiger partial charge on any atom is -0.298 e. The molecule has 0 aliphatic carbocycles. The van der Waals surface area contributed by atoms with Crippen molar-refractivity contribution in [2.24, 2.45) is 0 Å². The highest BCUT2D eigenvalue weighted by Gasteiger charge is 2.28. The fourth-order valence-corrected chi connectivity index (χ4v) is 3.07. The summed E-state index contributed by atoms with van der Waals surface area (Å²) < 4.78 is 24.4. The molecule has 0 saturated heterocycles. The maximum Gasteiger partial charge on any atom is 0.188 e. The summed E-state index contributed by atoms with van der Waals surface area (Å²) in [5, 5.41) is -1.07. The number of sulfone groups is 1. The predicted octanol–water partition coefficient (Wildman–Crippen LogP) is 2.34. The average Bonchev–Trinajstić information content (AvgIpc) is 2.43. The minimum absolute atomic E-state index is 0.0950. The Kier molecular flexibility index (Phi) is 5.82. The summed E-state index contributed by atoms with van der Waals surface area (Å²) in [7, 11) is -3.63. The molecule has 1 atom stereocenters. The highest BCUT2D eigenvalue weighted by Crippen LogP contribution is 2.17. The quantitative estimate of drug-likeness (QED) is 0.724. The number of rotatable bonds is 7. The van der Waals surface area contributed by atoms with Crippen LogP contribution in [0.15, 0.2) is 47.4 Å². The summed E-state index contributed by atoms with van der Waals surface area (Å²) in [5.74, 6) is -0.440. The zero-order chi connectivity index (χ0) is 15.2. The first-order chi connectivity index (χ1) is 9.35. The van der Waals surface area contributed by atoms with Gasteiger partial charge < -0.3 is 0 Å². The zero-order valence-electron chi connectivity index (χ0n) is 11.6. The van der Waals surface area contributed by atoms with Gasteiger partial charge in [0.1, 0.15) is 5.25 Å². The van der Waals surface area contributed by atoms with Crippen molar-refractivity contribution >= 4 is 21.4 Å². The molecule has 0 radical (unpaired) electrons. The third kappa shape index (κ3) is 4.42. The molecule has 108 valence electrons. The summed E-state index contributed by atoms with van der Waals surface area (Å²) in [5.41, 5.74) is 0. The summed E-state index contributed by atoms with van der Waals surface area (Å²) >= 11 is 0. The van der Waals surface area contributed by atoms with Crippen LogP contribution in [0.3, 0.4) is 0 Å². The molecule has 1 aromatic rings. The highest BCUT2D eigenvalue weighted by atomic mass is 32.2. The molecule has 0 fully saturated rings. The molecule has 0 amide bonds. The molecular formula is C15H18O4S. The zero-order valence-corrected chi connectivity index (χ0v) is 12.4. The molecule has 0 saturated carbocycles. The Bertz CT molecular complexity index is 600. The Balaban J connectivity index is 2.72. The second-order valence-corrected chi connectivity index (χ2v) is 6.79. The van der Waals surface area contributed by atoms with Crippen LogP contribution in [-0.2, 0) is 19.4 Å². The van der Waals surface area contributed by atoms with Crippen molar-refractivity contribution < 1.29 is 18.0 Å². The van der Waals surface area contributed by atoms with E-state index >= 15 is 0 Å². The van der Waals surface area contributed by atoms with Gasteiger partial charge in [-0.25, -0.2) is 8.42 Å². The highest BCUT2D eigenvalue weighted by molar-refractivity contribution is 7.92. The number of allylic oxidation sites excluding steroid dienone is 2. The second kappa shape index (κ2) is 7.14. The lowest BCUT2D eigenvalue weighted by atomic mass is 10.1. The second-order valence-electron chi connectivity index (χ2n) is 4.52. The first-order valence-electron chi connectivity index (χ1n) is 6.34. The molecule has 0 bridgehead atoms. The van der Waals surface area contributed by atoms with E-state index in [2.05, 4.69) is 0 Å². The van der Waals surface area contributed by atoms with Crippen molar-refractivity contribution in [1.29, 1.82) is 0 Å². The third-order valence-corrected chi connectivity index (χ3v) is 5.02. The number of carbonyl (C=O) groups excluding carboxylic acids is 2. The normalized spacial score (nSPS) is 13.3. The van der Waals surface area contributed by atoms with Crippen molar-refractivity contribution in [3.05, 3.63) is 42.5 Å². The van der Waals surface area contributed by atoms with Crippen molar-refractivity contribution in [3.63, 3.8) is 0 Å². The van der Waals surface area contributed by atoms with Crippen LogP contribution in [0.2, 0.25) is 0 Å². The SMILES string of the molecule is CC(=O)/C=C/CCC(=O)C(C)S(=O)(=O)c1ccccc1. The molecule has 5 heteroatoms. The van der Waals surface area contributed by atoms with Crippen LogP contribution in [0.25, 0.3) is 0 Å². The molecule has 1 unspecified atom stereocenters.